The van der Waals surface area contributed by atoms with Gasteiger partial charge in [0.2, 0.25) is 0 Å². The van der Waals surface area contributed by atoms with Crippen LogP contribution in [0.1, 0.15) is 37.6 Å². The van der Waals surface area contributed by atoms with Crippen LogP contribution in [0.25, 0.3) is 0 Å². The van der Waals surface area contributed by atoms with Crippen molar-refractivity contribution in [1.82, 2.24) is 14.8 Å². The summed E-state index contributed by atoms with van der Waals surface area (Å²) < 4.78 is 6.21. The molecule has 3 aliphatic heterocycles. The third-order valence-electron chi connectivity index (χ3n) is 5.85. The number of rotatable bonds is 3. The summed E-state index contributed by atoms with van der Waals surface area (Å²) in [6.07, 6.45) is 6.20. The lowest BCUT2D eigenvalue weighted by atomic mass is 9.91. The van der Waals surface area contributed by atoms with Crippen molar-refractivity contribution in [3.8, 4) is 0 Å². The van der Waals surface area contributed by atoms with E-state index in [9.17, 15) is 4.79 Å². The highest BCUT2D eigenvalue weighted by atomic mass is 32.1. The smallest absolute Gasteiger partial charge is 0.251 e. The summed E-state index contributed by atoms with van der Waals surface area (Å²) in [6, 6.07) is 0. The minimum atomic E-state index is -0.201. The zero-order chi connectivity index (χ0) is 16.5. The zero-order valence-electron chi connectivity index (χ0n) is 14.4. The second-order valence-electron chi connectivity index (χ2n) is 7.62. The average molecular weight is 350 g/mol. The predicted molar refractivity (Wildman–Crippen MR) is 93.8 cm³/mol. The van der Waals surface area contributed by atoms with Crippen LogP contribution in [0.15, 0.2) is 11.6 Å². The maximum Gasteiger partial charge on any atom is 0.251 e. The van der Waals surface area contributed by atoms with Crippen LogP contribution in [-0.2, 0) is 16.1 Å². The maximum absolute atomic E-state index is 12.8. The molecule has 1 amide bonds. The van der Waals surface area contributed by atoms with Gasteiger partial charge in [-0.1, -0.05) is 6.92 Å². The highest BCUT2D eigenvalue weighted by Crippen LogP contribution is 2.35. The van der Waals surface area contributed by atoms with Crippen LogP contribution in [0.4, 0.5) is 0 Å². The van der Waals surface area contributed by atoms with Crippen molar-refractivity contribution < 1.29 is 9.53 Å². The number of carbonyl (C=O) groups is 1. The molecule has 3 aliphatic rings. The van der Waals surface area contributed by atoms with E-state index in [2.05, 4.69) is 16.8 Å². The number of nitrogens with zero attached hydrogens (tertiary/aromatic N) is 3. The lowest BCUT2D eigenvalue weighted by molar-refractivity contribution is -0.145. The van der Waals surface area contributed by atoms with Gasteiger partial charge < -0.3 is 9.64 Å². The highest BCUT2D eigenvalue weighted by molar-refractivity contribution is 7.09. The van der Waals surface area contributed by atoms with E-state index < -0.39 is 0 Å². The Morgan fingerprint density at radius 2 is 2.17 bits per heavy atom. The summed E-state index contributed by atoms with van der Waals surface area (Å²) in [5.41, 5.74) is 0. The number of thiazole rings is 1. The molecule has 0 bridgehead atoms. The molecule has 24 heavy (non-hydrogen) atoms. The Morgan fingerprint density at radius 1 is 1.33 bits per heavy atom. The van der Waals surface area contributed by atoms with Gasteiger partial charge >= 0.3 is 0 Å². The van der Waals surface area contributed by atoms with Gasteiger partial charge in [-0.3, -0.25) is 9.69 Å². The Morgan fingerprint density at radius 3 is 2.92 bits per heavy atom. The standard InChI is InChI=1S/C18H27N3O2S/c1-13-2-7-21(8-3-13)18(22)15-10-14-4-6-20(11-16(14)23-15)12-17-19-5-9-24-17/h5,9,13-16H,2-4,6-8,10-12H2,1H3/t14-,15+,16+/m1/s1. The van der Waals surface area contributed by atoms with E-state index >= 15 is 0 Å². The average Bonchev–Trinajstić information content (AvgIpc) is 3.24. The normalized spacial score (nSPS) is 32.0. The van der Waals surface area contributed by atoms with E-state index in [1.807, 2.05) is 16.5 Å². The fourth-order valence-corrected chi connectivity index (χ4v) is 4.91. The van der Waals surface area contributed by atoms with Gasteiger partial charge in [0, 0.05) is 31.2 Å². The van der Waals surface area contributed by atoms with Crippen molar-refractivity contribution in [2.45, 2.75) is 51.4 Å². The number of hydrogen-bond acceptors (Lipinski definition) is 5. The largest absolute Gasteiger partial charge is 0.364 e. The summed E-state index contributed by atoms with van der Waals surface area (Å²) in [6.45, 7) is 7.03. The minimum Gasteiger partial charge on any atom is -0.364 e. The Bertz CT molecular complexity index is 557. The first kappa shape index (κ1) is 16.5. The lowest BCUT2D eigenvalue weighted by Gasteiger charge is -2.33. The van der Waals surface area contributed by atoms with Crippen LogP contribution in [-0.4, -0.2) is 59.1 Å². The van der Waals surface area contributed by atoms with Crippen molar-refractivity contribution in [3.63, 3.8) is 0 Å². The first-order chi connectivity index (χ1) is 11.7. The Labute approximate surface area is 148 Å². The molecule has 3 saturated heterocycles. The van der Waals surface area contributed by atoms with Crippen LogP contribution >= 0.6 is 11.3 Å². The van der Waals surface area contributed by atoms with Gasteiger partial charge in [0.05, 0.1) is 12.6 Å². The molecule has 0 unspecified atom stereocenters. The van der Waals surface area contributed by atoms with Gasteiger partial charge in [0.1, 0.15) is 11.1 Å². The van der Waals surface area contributed by atoms with Gasteiger partial charge in [-0.2, -0.15) is 0 Å². The molecule has 4 rings (SSSR count). The quantitative estimate of drug-likeness (QED) is 0.840. The molecule has 132 valence electrons. The van der Waals surface area contributed by atoms with E-state index in [1.54, 1.807) is 11.3 Å². The summed E-state index contributed by atoms with van der Waals surface area (Å²) in [5.74, 6) is 1.54. The Hall–Kier alpha value is -0.980. The molecule has 0 radical (unpaired) electrons. The molecule has 5 nitrogen and oxygen atoms in total. The SMILES string of the molecule is CC1CCN(C(=O)[C@@H]2C[C@H]3CCN(Cc4nccs4)C[C@@H]3O2)CC1. The number of fused-ring (bicyclic) bond motifs is 1. The van der Waals surface area contributed by atoms with Crippen molar-refractivity contribution in [2.75, 3.05) is 26.2 Å². The van der Waals surface area contributed by atoms with Gasteiger partial charge in [-0.25, -0.2) is 4.98 Å². The van der Waals surface area contributed by atoms with Gasteiger partial charge in [-0.05, 0) is 44.1 Å². The van der Waals surface area contributed by atoms with Crippen molar-refractivity contribution >= 4 is 17.2 Å². The zero-order valence-corrected chi connectivity index (χ0v) is 15.2. The molecule has 0 aliphatic carbocycles. The van der Waals surface area contributed by atoms with E-state index in [-0.39, 0.29) is 18.1 Å². The van der Waals surface area contributed by atoms with Crippen LogP contribution in [0, 0.1) is 11.8 Å². The van der Waals surface area contributed by atoms with E-state index in [0.717, 1.165) is 64.3 Å². The van der Waals surface area contributed by atoms with Crippen molar-refractivity contribution in [3.05, 3.63) is 16.6 Å². The highest BCUT2D eigenvalue weighted by Gasteiger charge is 2.43. The number of hydrogen-bond donors (Lipinski definition) is 0. The molecule has 0 spiro atoms. The third-order valence-corrected chi connectivity index (χ3v) is 6.61. The second kappa shape index (κ2) is 7.10. The minimum absolute atomic E-state index is 0.201. The molecule has 1 aromatic rings. The van der Waals surface area contributed by atoms with Crippen LogP contribution in [0.5, 0.6) is 0 Å². The number of aromatic nitrogens is 1. The molecule has 0 saturated carbocycles. The van der Waals surface area contributed by atoms with Crippen LogP contribution < -0.4 is 0 Å². The Balaban J connectivity index is 1.31. The molecule has 6 heteroatoms. The van der Waals surface area contributed by atoms with Gasteiger partial charge in [0.15, 0.2) is 0 Å². The molecule has 3 fully saturated rings. The molecule has 0 N–H and O–H groups in total. The molecular weight excluding hydrogens is 322 g/mol. The van der Waals surface area contributed by atoms with E-state index in [0.29, 0.717) is 5.92 Å². The van der Waals surface area contributed by atoms with Gasteiger partial charge in [0.25, 0.3) is 5.91 Å². The maximum atomic E-state index is 12.8. The summed E-state index contributed by atoms with van der Waals surface area (Å²) in [4.78, 5) is 21.6. The lowest BCUT2D eigenvalue weighted by Crippen LogP contribution is -2.44. The fourth-order valence-electron chi connectivity index (χ4n) is 4.25. The number of ether oxygens (including phenoxy) is 1. The number of piperidine rings is 2. The molecule has 0 aromatic carbocycles. The third kappa shape index (κ3) is 3.51. The molecule has 1 aromatic heterocycles. The topological polar surface area (TPSA) is 45.7 Å². The van der Waals surface area contributed by atoms with Crippen LogP contribution in [0.3, 0.4) is 0 Å². The van der Waals surface area contributed by atoms with Crippen molar-refractivity contribution in [1.29, 1.82) is 0 Å². The van der Waals surface area contributed by atoms with Crippen LogP contribution in [0.2, 0.25) is 0 Å². The summed E-state index contributed by atoms with van der Waals surface area (Å²) in [7, 11) is 0. The van der Waals surface area contributed by atoms with E-state index in [1.165, 1.54) is 5.01 Å². The number of amides is 1. The first-order valence-electron chi connectivity index (χ1n) is 9.24. The van der Waals surface area contributed by atoms with E-state index in [4.69, 9.17) is 4.74 Å². The Kier molecular flexibility index (Phi) is 4.88. The predicted octanol–water partition coefficient (Wildman–Crippen LogP) is 2.38. The second-order valence-corrected chi connectivity index (χ2v) is 8.60. The molecule has 4 heterocycles. The fraction of sp³-hybridized carbons (Fsp3) is 0.778. The monoisotopic (exact) mass is 349 g/mol. The molecule has 3 atom stereocenters. The molecular formula is C18H27N3O2S. The first-order valence-corrected chi connectivity index (χ1v) is 10.1. The number of likely N-dealkylation sites (tertiary alicyclic amines) is 2. The van der Waals surface area contributed by atoms with Gasteiger partial charge in [-0.15, -0.1) is 11.3 Å². The summed E-state index contributed by atoms with van der Waals surface area (Å²) in [5, 5.41) is 3.20. The summed E-state index contributed by atoms with van der Waals surface area (Å²) >= 11 is 1.71. The number of carbonyl (C=O) groups excluding carboxylic acids is 1. The van der Waals surface area contributed by atoms with Crippen molar-refractivity contribution in [2.24, 2.45) is 11.8 Å².